The standard InChI is InChI=1S/C31H32N2O4/c1-22-28(32-30(37-22)25-12-6-3-7-13-25)17-20-36-26-15-14-24-16-19-33(29(31(34)35)27(24)21-26)18-8-11-23-9-4-2-5-10-23/h2-7,9-10,12-15,21,29H,8,11,16-20H2,1H3,(H,34,35). The summed E-state index contributed by atoms with van der Waals surface area (Å²) in [6, 6.07) is 25.4. The Hall–Kier alpha value is -3.90. The van der Waals surface area contributed by atoms with Gasteiger partial charge in [0.15, 0.2) is 0 Å². The molecule has 6 heteroatoms. The topological polar surface area (TPSA) is 75.8 Å². The molecule has 1 aliphatic heterocycles. The van der Waals surface area contributed by atoms with E-state index in [1.54, 1.807) is 0 Å². The van der Waals surface area contributed by atoms with Crippen LogP contribution in [0.1, 0.15) is 40.6 Å². The van der Waals surface area contributed by atoms with Gasteiger partial charge in [-0.2, -0.15) is 0 Å². The number of ether oxygens (including phenoxy) is 1. The van der Waals surface area contributed by atoms with Gasteiger partial charge in [-0.05, 0) is 73.7 Å². The van der Waals surface area contributed by atoms with Crippen LogP contribution in [0.5, 0.6) is 5.75 Å². The largest absolute Gasteiger partial charge is 0.493 e. The normalized spacial score (nSPS) is 15.3. The number of aromatic nitrogens is 1. The predicted octanol–water partition coefficient (Wildman–Crippen LogP) is 5.89. The van der Waals surface area contributed by atoms with Crippen LogP contribution in [0.2, 0.25) is 0 Å². The van der Waals surface area contributed by atoms with Gasteiger partial charge >= 0.3 is 5.97 Å². The first-order valence-electron chi connectivity index (χ1n) is 12.9. The summed E-state index contributed by atoms with van der Waals surface area (Å²) in [6.07, 6.45) is 3.30. The summed E-state index contributed by atoms with van der Waals surface area (Å²) in [6.45, 7) is 3.83. The summed E-state index contributed by atoms with van der Waals surface area (Å²) in [5, 5.41) is 10.1. The lowest BCUT2D eigenvalue weighted by molar-refractivity contribution is -0.144. The number of rotatable bonds is 10. The number of hydrogen-bond acceptors (Lipinski definition) is 5. The van der Waals surface area contributed by atoms with Gasteiger partial charge < -0.3 is 14.3 Å². The lowest BCUT2D eigenvalue weighted by Crippen LogP contribution is -2.40. The van der Waals surface area contributed by atoms with Gasteiger partial charge in [0.05, 0.1) is 12.3 Å². The highest BCUT2D eigenvalue weighted by Crippen LogP contribution is 2.33. The third kappa shape index (κ3) is 5.92. The third-order valence-corrected chi connectivity index (χ3v) is 6.95. The number of carboxylic acids is 1. The van der Waals surface area contributed by atoms with E-state index in [0.717, 1.165) is 60.5 Å². The van der Waals surface area contributed by atoms with Crippen molar-refractivity contribution in [2.24, 2.45) is 0 Å². The number of aliphatic carboxylic acids is 1. The van der Waals surface area contributed by atoms with Crippen LogP contribution in [0.25, 0.3) is 11.5 Å². The van der Waals surface area contributed by atoms with Crippen molar-refractivity contribution in [1.29, 1.82) is 0 Å². The minimum atomic E-state index is -0.815. The maximum Gasteiger partial charge on any atom is 0.325 e. The lowest BCUT2D eigenvalue weighted by atomic mass is 9.92. The van der Waals surface area contributed by atoms with Crippen LogP contribution in [-0.4, -0.2) is 40.7 Å². The number of aryl methyl sites for hydroxylation is 2. The first-order valence-corrected chi connectivity index (χ1v) is 12.9. The number of fused-ring (bicyclic) bond motifs is 1. The Kier molecular flexibility index (Phi) is 7.66. The van der Waals surface area contributed by atoms with Crippen molar-refractivity contribution in [2.45, 2.75) is 38.6 Å². The van der Waals surface area contributed by atoms with E-state index in [1.165, 1.54) is 5.56 Å². The van der Waals surface area contributed by atoms with Crippen molar-refractivity contribution in [3.05, 3.63) is 107 Å². The van der Waals surface area contributed by atoms with E-state index in [4.69, 9.17) is 9.15 Å². The average Bonchev–Trinajstić information content (AvgIpc) is 3.29. The van der Waals surface area contributed by atoms with Crippen LogP contribution < -0.4 is 4.74 Å². The van der Waals surface area contributed by atoms with E-state index in [0.29, 0.717) is 24.7 Å². The molecule has 3 aromatic carbocycles. The SMILES string of the molecule is Cc1oc(-c2ccccc2)nc1CCOc1ccc2c(c1)C(C(=O)O)N(CCCc1ccccc1)CC2. The molecule has 0 spiro atoms. The van der Waals surface area contributed by atoms with Gasteiger partial charge in [-0.3, -0.25) is 9.69 Å². The fraction of sp³-hybridized carbons (Fsp3) is 0.290. The van der Waals surface area contributed by atoms with Gasteiger partial charge in [-0.1, -0.05) is 54.6 Å². The molecule has 0 aliphatic carbocycles. The molecular formula is C31H32N2O4. The van der Waals surface area contributed by atoms with Gasteiger partial charge in [0, 0.05) is 18.5 Å². The number of oxazole rings is 1. The molecule has 0 saturated carbocycles. The molecule has 4 aromatic rings. The van der Waals surface area contributed by atoms with Crippen LogP contribution in [0.4, 0.5) is 0 Å². The van der Waals surface area contributed by atoms with Crippen molar-refractivity contribution in [3.63, 3.8) is 0 Å². The maximum absolute atomic E-state index is 12.3. The second-order valence-corrected chi connectivity index (χ2v) is 9.46. The summed E-state index contributed by atoms with van der Waals surface area (Å²) in [5.74, 6) is 1.26. The molecule has 37 heavy (non-hydrogen) atoms. The van der Waals surface area contributed by atoms with E-state index in [1.807, 2.05) is 73.7 Å². The molecule has 2 heterocycles. The predicted molar refractivity (Wildman–Crippen MR) is 143 cm³/mol. The van der Waals surface area contributed by atoms with E-state index in [9.17, 15) is 9.90 Å². The molecule has 1 N–H and O–H groups in total. The van der Waals surface area contributed by atoms with Gasteiger partial charge in [-0.25, -0.2) is 4.98 Å². The zero-order valence-electron chi connectivity index (χ0n) is 21.1. The quantitative estimate of drug-likeness (QED) is 0.295. The number of benzene rings is 3. The Balaban J connectivity index is 1.22. The average molecular weight is 497 g/mol. The lowest BCUT2D eigenvalue weighted by Gasteiger charge is -2.35. The van der Waals surface area contributed by atoms with Crippen molar-refractivity contribution < 1.29 is 19.1 Å². The Morgan fingerprint density at radius 3 is 2.57 bits per heavy atom. The molecule has 1 aliphatic rings. The molecule has 1 unspecified atom stereocenters. The number of carbonyl (C=O) groups is 1. The second-order valence-electron chi connectivity index (χ2n) is 9.46. The van der Waals surface area contributed by atoms with E-state index >= 15 is 0 Å². The van der Waals surface area contributed by atoms with Crippen LogP contribution in [0.3, 0.4) is 0 Å². The molecule has 5 rings (SSSR count). The minimum Gasteiger partial charge on any atom is -0.493 e. The van der Waals surface area contributed by atoms with Gasteiger partial charge in [0.25, 0.3) is 0 Å². The van der Waals surface area contributed by atoms with Crippen molar-refractivity contribution in [2.75, 3.05) is 19.7 Å². The fourth-order valence-corrected chi connectivity index (χ4v) is 5.03. The van der Waals surface area contributed by atoms with Gasteiger partial charge in [0.2, 0.25) is 5.89 Å². The summed E-state index contributed by atoms with van der Waals surface area (Å²) in [5.41, 5.74) is 5.00. The highest BCUT2D eigenvalue weighted by atomic mass is 16.5. The Labute approximate surface area is 217 Å². The monoisotopic (exact) mass is 496 g/mol. The molecule has 1 atom stereocenters. The molecular weight excluding hydrogens is 464 g/mol. The molecule has 1 aromatic heterocycles. The highest BCUT2D eigenvalue weighted by Gasteiger charge is 2.33. The Morgan fingerprint density at radius 1 is 1.05 bits per heavy atom. The minimum absolute atomic E-state index is 0.429. The molecule has 0 fully saturated rings. The summed E-state index contributed by atoms with van der Waals surface area (Å²) in [4.78, 5) is 19.1. The molecule has 190 valence electrons. The van der Waals surface area contributed by atoms with Crippen molar-refractivity contribution in [3.8, 4) is 17.2 Å². The number of hydrogen-bond donors (Lipinski definition) is 1. The summed E-state index contributed by atoms with van der Waals surface area (Å²) < 4.78 is 11.9. The first-order chi connectivity index (χ1) is 18.1. The third-order valence-electron chi connectivity index (χ3n) is 6.95. The zero-order valence-corrected chi connectivity index (χ0v) is 21.1. The van der Waals surface area contributed by atoms with E-state index in [-0.39, 0.29) is 0 Å². The van der Waals surface area contributed by atoms with E-state index in [2.05, 4.69) is 22.0 Å². The molecule has 0 bridgehead atoms. The second kappa shape index (κ2) is 11.4. The molecule has 0 radical (unpaired) electrons. The van der Waals surface area contributed by atoms with E-state index < -0.39 is 12.0 Å². The molecule has 0 amide bonds. The van der Waals surface area contributed by atoms with Crippen LogP contribution in [0.15, 0.2) is 83.3 Å². The van der Waals surface area contributed by atoms with Crippen LogP contribution in [-0.2, 0) is 24.1 Å². The van der Waals surface area contributed by atoms with Crippen molar-refractivity contribution >= 4 is 5.97 Å². The van der Waals surface area contributed by atoms with Crippen LogP contribution in [0, 0.1) is 6.92 Å². The van der Waals surface area contributed by atoms with Crippen molar-refractivity contribution in [1.82, 2.24) is 9.88 Å². The molecule has 6 nitrogen and oxygen atoms in total. The van der Waals surface area contributed by atoms with Gasteiger partial charge in [-0.15, -0.1) is 0 Å². The maximum atomic E-state index is 12.3. The Morgan fingerprint density at radius 2 is 1.81 bits per heavy atom. The zero-order chi connectivity index (χ0) is 25.6. The number of carboxylic acid groups (broad SMARTS) is 1. The van der Waals surface area contributed by atoms with Crippen LogP contribution >= 0.6 is 0 Å². The van der Waals surface area contributed by atoms with Gasteiger partial charge in [0.1, 0.15) is 17.6 Å². The number of nitrogens with zero attached hydrogens (tertiary/aromatic N) is 2. The molecule has 0 saturated heterocycles. The fourth-order valence-electron chi connectivity index (χ4n) is 5.03. The Bertz CT molecular complexity index is 1330. The first kappa shape index (κ1) is 24.8. The summed E-state index contributed by atoms with van der Waals surface area (Å²) >= 11 is 0. The smallest absolute Gasteiger partial charge is 0.325 e. The summed E-state index contributed by atoms with van der Waals surface area (Å²) in [7, 11) is 0. The highest BCUT2D eigenvalue weighted by molar-refractivity contribution is 5.77.